The number of allylic oxidation sites excluding steroid dienone is 5. The SMILES string of the molecule is C=C/C=C\C=C(/C)C(=O)CCC(=O)N1Cc2ccccc2C[C@H]1C(=O)N[C@@H](CCN)C(=O)Nc1cccc(C)c1C#N. The quantitative estimate of drug-likeness (QED) is 0.264. The number of nitrogens with one attached hydrogen (secondary N) is 2. The van der Waals surface area contributed by atoms with E-state index in [1.54, 1.807) is 56.4 Å². The number of carbonyl (C=O) groups is 4. The predicted molar refractivity (Wildman–Crippen MR) is 162 cm³/mol. The molecule has 0 saturated carbocycles. The standard InChI is InChI=1S/C33H37N5O4/c1-4-5-6-10-23(3)30(39)15-16-31(40)38-21-25-13-8-7-12-24(25)19-29(38)33(42)37-28(17-18-34)32(41)36-27-14-9-11-22(2)26(27)20-35/h4-14,28-29H,1,15-19,21,34H2,2-3H3,(H,36,41)(H,37,42)/b6-5-,23-10+/t28-,29-/m0/s1. The van der Waals surface area contributed by atoms with Crippen LogP contribution in [0.4, 0.5) is 5.69 Å². The van der Waals surface area contributed by atoms with Crippen LogP contribution in [0.3, 0.4) is 0 Å². The maximum absolute atomic E-state index is 13.7. The van der Waals surface area contributed by atoms with E-state index in [1.807, 2.05) is 24.3 Å². The summed E-state index contributed by atoms with van der Waals surface area (Å²) in [5, 5.41) is 15.1. The third-order valence-electron chi connectivity index (χ3n) is 7.20. The number of benzene rings is 2. The van der Waals surface area contributed by atoms with Gasteiger partial charge in [-0.2, -0.15) is 5.26 Å². The number of ketones is 1. The van der Waals surface area contributed by atoms with Crippen molar-refractivity contribution < 1.29 is 19.2 Å². The Morgan fingerprint density at radius 2 is 1.86 bits per heavy atom. The minimum Gasteiger partial charge on any atom is -0.342 e. The van der Waals surface area contributed by atoms with E-state index in [4.69, 9.17) is 5.73 Å². The maximum atomic E-state index is 13.7. The van der Waals surface area contributed by atoms with Crippen LogP contribution in [0.25, 0.3) is 0 Å². The first-order chi connectivity index (χ1) is 20.2. The molecule has 0 radical (unpaired) electrons. The molecule has 1 aliphatic rings. The first kappa shape index (κ1) is 31.7. The molecule has 0 bridgehead atoms. The van der Waals surface area contributed by atoms with Crippen LogP contribution in [0, 0.1) is 18.3 Å². The Morgan fingerprint density at radius 3 is 2.55 bits per heavy atom. The molecule has 0 aromatic heterocycles. The maximum Gasteiger partial charge on any atom is 0.247 e. The van der Waals surface area contributed by atoms with E-state index in [-0.39, 0.29) is 50.5 Å². The van der Waals surface area contributed by atoms with Gasteiger partial charge in [0.2, 0.25) is 17.7 Å². The number of nitrogens with two attached hydrogens (primary N) is 1. The van der Waals surface area contributed by atoms with Crippen molar-refractivity contribution in [2.24, 2.45) is 5.73 Å². The van der Waals surface area contributed by atoms with Crippen molar-refractivity contribution >= 4 is 29.2 Å². The second-order valence-corrected chi connectivity index (χ2v) is 10.1. The van der Waals surface area contributed by atoms with E-state index in [9.17, 15) is 24.4 Å². The number of Topliss-reactive ketones (excluding diaryl/α,β-unsaturated/α-hetero) is 1. The smallest absolute Gasteiger partial charge is 0.247 e. The van der Waals surface area contributed by atoms with Crippen LogP contribution in [-0.2, 0) is 32.1 Å². The number of fused-ring (bicyclic) bond motifs is 1. The fourth-order valence-electron chi connectivity index (χ4n) is 4.80. The Kier molecular flexibility index (Phi) is 11.5. The highest BCUT2D eigenvalue weighted by Crippen LogP contribution is 2.25. The number of nitrogens with zero attached hydrogens (tertiary/aromatic N) is 2. The van der Waals surface area contributed by atoms with E-state index in [1.165, 1.54) is 4.90 Å². The first-order valence-corrected chi connectivity index (χ1v) is 13.9. The number of nitriles is 1. The van der Waals surface area contributed by atoms with Crippen molar-refractivity contribution in [2.75, 3.05) is 11.9 Å². The Balaban J connectivity index is 1.78. The highest BCUT2D eigenvalue weighted by atomic mass is 16.2. The molecule has 0 unspecified atom stereocenters. The van der Waals surface area contributed by atoms with Gasteiger partial charge in [-0.05, 0) is 55.1 Å². The molecule has 2 aromatic rings. The molecule has 0 fully saturated rings. The zero-order chi connectivity index (χ0) is 30.6. The summed E-state index contributed by atoms with van der Waals surface area (Å²) in [6.07, 6.45) is 7.05. The highest BCUT2D eigenvalue weighted by Gasteiger charge is 2.36. The second kappa shape index (κ2) is 15.3. The number of rotatable bonds is 12. The Morgan fingerprint density at radius 1 is 1.12 bits per heavy atom. The minimum atomic E-state index is -0.985. The normalized spacial score (nSPS) is 15.3. The van der Waals surface area contributed by atoms with Gasteiger partial charge in [0.05, 0.1) is 11.3 Å². The summed E-state index contributed by atoms with van der Waals surface area (Å²) < 4.78 is 0. The van der Waals surface area contributed by atoms with Gasteiger partial charge >= 0.3 is 0 Å². The van der Waals surface area contributed by atoms with Gasteiger partial charge < -0.3 is 21.3 Å². The van der Waals surface area contributed by atoms with Gasteiger partial charge in [-0.3, -0.25) is 19.2 Å². The number of carbonyl (C=O) groups excluding carboxylic acids is 4. The summed E-state index contributed by atoms with van der Waals surface area (Å²) in [6.45, 7) is 7.39. The van der Waals surface area contributed by atoms with Crippen LogP contribution >= 0.6 is 0 Å². The lowest BCUT2D eigenvalue weighted by molar-refractivity contribution is -0.143. The molecule has 1 heterocycles. The average Bonchev–Trinajstić information content (AvgIpc) is 2.98. The average molecular weight is 568 g/mol. The van der Waals surface area contributed by atoms with E-state index < -0.39 is 23.9 Å². The highest BCUT2D eigenvalue weighted by molar-refractivity contribution is 6.00. The number of amides is 3. The van der Waals surface area contributed by atoms with Crippen LogP contribution in [0.15, 0.2) is 78.9 Å². The molecule has 42 heavy (non-hydrogen) atoms. The van der Waals surface area contributed by atoms with Crippen LogP contribution in [-0.4, -0.2) is 47.0 Å². The van der Waals surface area contributed by atoms with Crippen molar-refractivity contribution in [2.45, 2.75) is 58.2 Å². The zero-order valence-corrected chi connectivity index (χ0v) is 24.1. The molecule has 9 heteroatoms. The number of anilines is 1. The number of aryl methyl sites for hydroxylation is 1. The van der Waals surface area contributed by atoms with Crippen LogP contribution < -0.4 is 16.4 Å². The topological polar surface area (TPSA) is 145 Å². The predicted octanol–water partition coefficient (Wildman–Crippen LogP) is 3.63. The molecule has 218 valence electrons. The molecular weight excluding hydrogens is 530 g/mol. The molecule has 4 N–H and O–H groups in total. The van der Waals surface area contributed by atoms with Crippen LogP contribution in [0.5, 0.6) is 0 Å². The molecule has 2 atom stereocenters. The van der Waals surface area contributed by atoms with Crippen molar-refractivity contribution in [1.82, 2.24) is 10.2 Å². The van der Waals surface area contributed by atoms with Crippen molar-refractivity contribution in [3.05, 3.63) is 101 Å². The third kappa shape index (κ3) is 8.12. The van der Waals surface area contributed by atoms with Crippen molar-refractivity contribution in [1.29, 1.82) is 5.26 Å². The molecule has 9 nitrogen and oxygen atoms in total. The fraction of sp³-hybridized carbons (Fsp3) is 0.303. The number of hydrogen-bond acceptors (Lipinski definition) is 6. The minimum absolute atomic E-state index is 0.00546. The van der Waals surface area contributed by atoms with Crippen molar-refractivity contribution in [3.63, 3.8) is 0 Å². The summed E-state index contributed by atoms with van der Waals surface area (Å²) in [5.41, 5.74) is 9.53. The molecule has 3 rings (SSSR count). The summed E-state index contributed by atoms with van der Waals surface area (Å²) in [6, 6.07) is 12.9. The molecule has 1 aliphatic heterocycles. The third-order valence-corrected chi connectivity index (χ3v) is 7.20. The summed E-state index contributed by atoms with van der Waals surface area (Å²) in [5.74, 6) is -1.50. The summed E-state index contributed by atoms with van der Waals surface area (Å²) in [4.78, 5) is 54.4. The van der Waals surface area contributed by atoms with E-state index in [0.717, 1.165) is 11.1 Å². The monoisotopic (exact) mass is 567 g/mol. The van der Waals surface area contributed by atoms with Gasteiger partial charge in [-0.25, -0.2) is 0 Å². The Hall–Kier alpha value is -4.81. The van der Waals surface area contributed by atoms with Gasteiger partial charge in [0, 0.05) is 25.8 Å². The largest absolute Gasteiger partial charge is 0.342 e. The lowest BCUT2D eigenvalue weighted by Crippen LogP contribution is -2.56. The van der Waals surface area contributed by atoms with E-state index >= 15 is 0 Å². The van der Waals surface area contributed by atoms with Gasteiger partial charge in [-0.15, -0.1) is 0 Å². The van der Waals surface area contributed by atoms with E-state index in [0.29, 0.717) is 22.4 Å². The Labute approximate surface area is 246 Å². The van der Waals surface area contributed by atoms with Gasteiger partial charge in [0.15, 0.2) is 5.78 Å². The first-order valence-electron chi connectivity index (χ1n) is 13.9. The van der Waals surface area contributed by atoms with E-state index in [2.05, 4.69) is 23.3 Å². The fourth-order valence-corrected chi connectivity index (χ4v) is 4.80. The second-order valence-electron chi connectivity index (χ2n) is 10.1. The summed E-state index contributed by atoms with van der Waals surface area (Å²) >= 11 is 0. The molecule has 0 saturated heterocycles. The summed E-state index contributed by atoms with van der Waals surface area (Å²) in [7, 11) is 0. The lowest BCUT2D eigenvalue weighted by Gasteiger charge is -2.36. The number of hydrogen-bond donors (Lipinski definition) is 3. The van der Waals surface area contributed by atoms with Crippen LogP contribution in [0.2, 0.25) is 0 Å². The van der Waals surface area contributed by atoms with Gasteiger partial charge in [0.1, 0.15) is 18.2 Å². The molecular formula is C33H37N5O4. The lowest BCUT2D eigenvalue weighted by atomic mass is 9.92. The van der Waals surface area contributed by atoms with Crippen LogP contribution in [0.1, 0.15) is 48.4 Å². The zero-order valence-electron chi connectivity index (χ0n) is 24.1. The van der Waals surface area contributed by atoms with Gasteiger partial charge in [-0.1, -0.05) is 67.3 Å². The Bertz CT molecular complexity index is 1450. The molecule has 0 spiro atoms. The molecule has 3 amide bonds. The molecule has 2 aromatic carbocycles. The molecule has 0 aliphatic carbocycles. The van der Waals surface area contributed by atoms with Gasteiger partial charge in [0.25, 0.3) is 0 Å². The van der Waals surface area contributed by atoms with Crippen molar-refractivity contribution in [3.8, 4) is 6.07 Å².